The molecule has 5 aromatic carbocycles. The van der Waals surface area contributed by atoms with Crippen molar-refractivity contribution in [1.82, 2.24) is 0 Å². The highest BCUT2D eigenvalue weighted by Gasteiger charge is 2.11. The van der Waals surface area contributed by atoms with E-state index in [0.29, 0.717) is 5.39 Å². The molecule has 0 heterocycles. The van der Waals surface area contributed by atoms with Gasteiger partial charge in [0.2, 0.25) is 0 Å². The Hall–Kier alpha value is -2.93. The van der Waals surface area contributed by atoms with Crippen LogP contribution in [0.5, 0.6) is 0 Å². The number of hydrogen-bond acceptors (Lipinski definition) is 0. The zero-order chi connectivity index (χ0) is 15.4. The van der Waals surface area contributed by atoms with Crippen LogP contribution in [-0.2, 0) is 0 Å². The van der Waals surface area contributed by atoms with Crippen molar-refractivity contribution in [3.63, 3.8) is 0 Å². The van der Waals surface area contributed by atoms with Gasteiger partial charge in [0.25, 0.3) is 0 Å². The van der Waals surface area contributed by atoms with E-state index < -0.39 is 0 Å². The fourth-order valence-electron chi connectivity index (χ4n) is 3.64. The van der Waals surface area contributed by atoms with Crippen molar-refractivity contribution in [2.45, 2.75) is 0 Å². The lowest BCUT2D eigenvalue weighted by molar-refractivity contribution is 0.640. The maximum Gasteiger partial charge on any atom is 0.131 e. The van der Waals surface area contributed by atoms with Gasteiger partial charge in [-0.05, 0) is 38.4 Å². The molecule has 0 fully saturated rings. The Morgan fingerprint density at radius 2 is 1.00 bits per heavy atom. The van der Waals surface area contributed by atoms with Gasteiger partial charge in [0, 0.05) is 10.8 Å². The summed E-state index contributed by atoms with van der Waals surface area (Å²) in [5, 5.41) is 8.38. The third-order valence-electron chi connectivity index (χ3n) is 4.68. The topological polar surface area (TPSA) is 0 Å². The molecule has 5 rings (SSSR count). The summed E-state index contributed by atoms with van der Waals surface area (Å²) in [6.45, 7) is 0. The van der Waals surface area contributed by atoms with Crippen LogP contribution in [0, 0.1) is 5.82 Å². The lowest BCUT2D eigenvalue weighted by atomic mass is 9.93. The fraction of sp³-hybridized carbons (Fsp3) is 0. The lowest BCUT2D eigenvalue weighted by Crippen LogP contribution is -1.86. The van der Waals surface area contributed by atoms with Gasteiger partial charge in [-0.1, -0.05) is 72.8 Å². The predicted molar refractivity (Wildman–Crippen MR) is 96.4 cm³/mol. The highest BCUT2D eigenvalue weighted by Crippen LogP contribution is 2.37. The van der Waals surface area contributed by atoms with Crippen molar-refractivity contribution < 1.29 is 4.39 Å². The van der Waals surface area contributed by atoms with Crippen molar-refractivity contribution in [1.29, 1.82) is 0 Å². The normalized spacial score (nSPS) is 11.7. The fourth-order valence-corrected chi connectivity index (χ4v) is 3.64. The highest BCUT2D eigenvalue weighted by molar-refractivity contribution is 6.27. The van der Waals surface area contributed by atoms with Gasteiger partial charge in [-0.15, -0.1) is 0 Å². The number of halogens is 1. The highest BCUT2D eigenvalue weighted by atomic mass is 19.1. The summed E-state index contributed by atoms with van der Waals surface area (Å²) >= 11 is 0. The van der Waals surface area contributed by atoms with Crippen LogP contribution in [0.3, 0.4) is 0 Å². The minimum Gasteiger partial charge on any atom is -0.206 e. The maximum atomic E-state index is 14.6. The van der Waals surface area contributed by atoms with Gasteiger partial charge in [-0.2, -0.15) is 0 Å². The SMILES string of the molecule is Fc1cccc2ccc3ccc4ccc5ccccc5c4c3c12. The molecule has 0 radical (unpaired) electrons. The zero-order valence-electron chi connectivity index (χ0n) is 12.4. The van der Waals surface area contributed by atoms with Gasteiger partial charge in [0.15, 0.2) is 0 Å². The lowest BCUT2D eigenvalue weighted by Gasteiger charge is -2.11. The summed E-state index contributed by atoms with van der Waals surface area (Å²) in [4.78, 5) is 0. The first-order valence-corrected chi connectivity index (χ1v) is 7.74. The van der Waals surface area contributed by atoms with Crippen molar-refractivity contribution in [3.8, 4) is 0 Å². The van der Waals surface area contributed by atoms with Crippen LogP contribution in [-0.4, -0.2) is 0 Å². The molecule has 5 aromatic rings. The van der Waals surface area contributed by atoms with Crippen molar-refractivity contribution >= 4 is 43.1 Å². The molecular weight excluding hydrogens is 283 g/mol. The second-order valence-electron chi connectivity index (χ2n) is 5.95. The second-order valence-corrected chi connectivity index (χ2v) is 5.95. The van der Waals surface area contributed by atoms with Crippen LogP contribution >= 0.6 is 0 Å². The molecule has 0 aromatic heterocycles. The first kappa shape index (κ1) is 12.6. The van der Waals surface area contributed by atoms with E-state index >= 15 is 0 Å². The molecule has 0 amide bonds. The molecule has 0 aliphatic heterocycles. The zero-order valence-corrected chi connectivity index (χ0v) is 12.4. The van der Waals surface area contributed by atoms with Crippen molar-refractivity contribution in [3.05, 3.63) is 84.7 Å². The molecular formula is C22H13F. The molecule has 0 aliphatic rings. The maximum absolute atomic E-state index is 14.6. The Balaban J connectivity index is 2.21. The summed E-state index contributed by atoms with van der Waals surface area (Å²) in [6.07, 6.45) is 0. The number of benzene rings is 5. The third-order valence-corrected chi connectivity index (χ3v) is 4.68. The Kier molecular flexibility index (Phi) is 2.48. The summed E-state index contributed by atoms with van der Waals surface area (Å²) in [5.41, 5.74) is 0. The molecule has 0 aliphatic carbocycles. The van der Waals surface area contributed by atoms with Crippen LogP contribution in [0.15, 0.2) is 78.9 Å². The molecule has 23 heavy (non-hydrogen) atoms. The number of rotatable bonds is 0. The molecule has 0 atom stereocenters. The van der Waals surface area contributed by atoms with Gasteiger partial charge < -0.3 is 0 Å². The molecule has 0 bridgehead atoms. The summed E-state index contributed by atoms with van der Waals surface area (Å²) < 4.78 is 14.6. The average Bonchev–Trinajstić information content (AvgIpc) is 2.61. The Morgan fingerprint density at radius 1 is 0.435 bits per heavy atom. The van der Waals surface area contributed by atoms with Crippen LogP contribution in [0.2, 0.25) is 0 Å². The Labute approximate surface area is 132 Å². The van der Waals surface area contributed by atoms with Gasteiger partial charge in [0.05, 0.1) is 0 Å². The quantitative estimate of drug-likeness (QED) is 0.288. The van der Waals surface area contributed by atoms with E-state index in [9.17, 15) is 4.39 Å². The molecule has 0 unspecified atom stereocenters. The Morgan fingerprint density at radius 3 is 1.78 bits per heavy atom. The molecule has 108 valence electrons. The summed E-state index contributed by atoms with van der Waals surface area (Å²) in [7, 11) is 0. The van der Waals surface area contributed by atoms with Gasteiger partial charge in [-0.3, -0.25) is 0 Å². The second kappa shape index (κ2) is 4.53. The van der Waals surface area contributed by atoms with Gasteiger partial charge in [-0.25, -0.2) is 4.39 Å². The first-order valence-electron chi connectivity index (χ1n) is 7.74. The van der Waals surface area contributed by atoms with Crippen molar-refractivity contribution in [2.75, 3.05) is 0 Å². The van der Waals surface area contributed by atoms with E-state index in [0.717, 1.165) is 26.9 Å². The van der Waals surface area contributed by atoms with Gasteiger partial charge in [0.1, 0.15) is 5.82 Å². The average molecular weight is 296 g/mol. The molecule has 0 spiro atoms. The van der Waals surface area contributed by atoms with Crippen molar-refractivity contribution in [2.24, 2.45) is 0 Å². The molecule has 0 saturated heterocycles. The summed E-state index contributed by atoms with van der Waals surface area (Å²) in [6, 6.07) is 26.1. The number of hydrogen-bond donors (Lipinski definition) is 0. The number of fused-ring (bicyclic) bond motifs is 7. The monoisotopic (exact) mass is 296 g/mol. The largest absolute Gasteiger partial charge is 0.206 e. The van der Waals surface area contributed by atoms with E-state index in [1.54, 1.807) is 12.1 Å². The van der Waals surface area contributed by atoms with Crippen LogP contribution in [0.1, 0.15) is 0 Å². The molecule has 0 saturated carbocycles. The molecule has 0 nitrogen and oxygen atoms in total. The van der Waals surface area contributed by atoms with E-state index in [1.165, 1.54) is 10.8 Å². The standard InChI is InChI=1S/C22H13F/c23-19-7-3-5-15-10-12-17-13-11-16-9-8-14-4-1-2-6-18(14)20(16)22(17)21(15)19/h1-13H. The van der Waals surface area contributed by atoms with E-state index in [1.807, 2.05) is 24.3 Å². The third kappa shape index (κ3) is 1.71. The minimum absolute atomic E-state index is 0.159. The summed E-state index contributed by atoms with van der Waals surface area (Å²) in [5.74, 6) is -0.159. The predicted octanol–water partition coefficient (Wildman–Crippen LogP) is 6.44. The van der Waals surface area contributed by atoms with E-state index in [-0.39, 0.29) is 5.82 Å². The molecule has 1 heteroatoms. The van der Waals surface area contributed by atoms with E-state index in [4.69, 9.17) is 0 Å². The minimum atomic E-state index is -0.159. The van der Waals surface area contributed by atoms with E-state index in [2.05, 4.69) is 42.5 Å². The van der Waals surface area contributed by atoms with Crippen LogP contribution < -0.4 is 0 Å². The van der Waals surface area contributed by atoms with Gasteiger partial charge >= 0.3 is 0 Å². The smallest absolute Gasteiger partial charge is 0.131 e. The molecule has 0 N–H and O–H groups in total. The first-order chi connectivity index (χ1) is 11.3. The van der Waals surface area contributed by atoms with Crippen LogP contribution in [0.4, 0.5) is 4.39 Å². The van der Waals surface area contributed by atoms with Crippen LogP contribution in [0.25, 0.3) is 43.1 Å². The Bertz CT molecular complexity index is 1210.